The Kier molecular flexibility index (Phi) is 6.31. The quantitative estimate of drug-likeness (QED) is 0.170. The van der Waals surface area contributed by atoms with Gasteiger partial charge in [0, 0.05) is 32.9 Å². The predicted molar refractivity (Wildman–Crippen MR) is 204 cm³/mol. The molecule has 0 aliphatic heterocycles. The lowest BCUT2D eigenvalue weighted by atomic mass is 10.0. The molecule has 224 valence electrons. The lowest BCUT2D eigenvalue weighted by Gasteiger charge is -2.27. The number of aromatic nitrogens is 2. The first kappa shape index (κ1) is 27.6. The van der Waals surface area contributed by atoms with E-state index < -0.39 is 8.07 Å². The number of nitrogens with zero attached hydrogens (tertiary/aromatic N) is 2. The maximum Gasteiger partial charge on any atom is 0.113 e. The summed E-state index contributed by atoms with van der Waals surface area (Å²) in [5.41, 5.74) is 9.82. The molecule has 0 aliphatic carbocycles. The van der Waals surface area contributed by atoms with Crippen LogP contribution in [-0.4, -0.2) is 17.2 Å². The second-order valence-electron chi connectivity index (χ2n) is 13.0. The third kappa shape index (κ3) is 4.24. The van der Waals surface area contributed by atoms with Gasteiger partial charge >= 0.3 is 0 Å². The summed E-state index contributed by atoms with van der Waals surface area (Å²) >= 11 is 0. The van der Waals surface area contributed by atoms with Crippen LogP contribution in [0.15, 0.2) is 170 Å². The van der Waals surface area contributed by atoms with Crippen molar-refractivity contribution in [3.8, 4) is 22.5 Å². The lowest BCUT2D eigenvalue weighted by molar-refractivity contribution is 1.17. The van der Waals surface area contributed by atoms with E-state index in [2.05, 4.69) is 192 Å². The highest BCUT2D eigenvalue weighted by Crippen LogP contribution is 2.42. The minimum atomic E-state index is -1.95. The molecular weight excluding hydrogens is 585 g/mol. The molecule has 3 heteroatoms. The fourth-order valence-corrected chi connectivity index (χ4v) is 10.5. The van der Waals surface area contributed by atoms with Crippen LogP contribution in [0.3, 0.4) is 0 Å². The van der Waals surface area contributed by atoms with Gasteiger partial charge in [-0.15, -0.1) is 0 Å². The van der Waals surface area contributed by atoms with E-state index in [9.17, 15) is 0 Å². The predicted octanol–water partition coefficient (Wildman–Crippen LogP) is 10.4. The number of benzene rings is 7. The molecule has 0 radical (unpaired) electrons. The van der Waals surface area contributed by atoms with E-state index >= 15 is 0 Å². The molecule has 0 fully saturated rings. The number of fused-ring (bicyclic) bond motifs is 7. The Bertz CT molecular complexity index is 2590. The first-order chi connectivity index (χ1) is 23.1. The van der Waals surface area contributed by atoms with E-state index in [4.69, 9.17) is 0 Å². The Morgan fingerprint density at radius 2 is 0.915 bits per heavy atom. The molecule has 0 unspecified atom stereocenters. The van der Waals surface area contributed by atoms with Gasteiger partial charge in [0.05, 0.1) is 22.1 Å². The summed E-state index contributed by atoms with van der Waals surface area (Å²) in [6, 6.07) is 62.3. The van der Waals surface area contributed by atoms with Crippen molar-refractivity contribution < 1.29 is 0 Å². The van der Waals surface area contributed by atoms with Crippen LogP contribution in [0.5, 0.6) is 0 Å². The summed E-state index contributed by atoms with van der Waals surface area (Å²) in [5.74, 6) is 0. The third-order valence-electron chi connectivity index (χ3n) is 10.00. The van der Waals surface area contributed by atoms with E-state index in [1.54, 1.807) is 0 Å². The summed E-state index contributed by atoms with van der Waals surface area (Å²) in [4.78, 5) is 0. The van der Waals surface area contributed by atoms with Crippen LogP contribution in [0.25, 0.3) is 66.1 Å². The van der Waals surface area contributed by atoms with Gasteiger partial charge < -0.3 is 9.13 Å². The molecule has 2 heterocycles. The monoisotopic (exact) mass is 618 g/mol. The number of hydrogen-bond donors (Lipinski definition) is 0. The van der Waals surface area contributed by atoms with Gasteiger partial charge in [-0.05, 0) is 64.8 Å². The first-order valence-electron chi connectivity index (χ1n) is 16.4. The second kappa shape index (κ2) is 10.7. The van der Waals surface area contributed by atoms with Crippen molar-refractivity contribution in [3.63, 3.8) is 0 Å². The molecule has 2 nitrogen and oxygen atoms in total. The van der Waals surface area contributed by atoms with Crippen molar-refractivity contribution in [3.05, 3.63) is 170 Å². The van der Waals surface area contributed by atoms with Crippen molar-refractivity contribution in [1.29, 1.82) is 0 Å². The van der Waals surface area contributed by atoms with Crippen LogP contribution in [0.2, 0.25) is 13.1 Å². The van der Waals surface area contributed by atoms with Crippen molar-refractivity contribution in [1.82, 2.24) is 9.13 Å². The topological polar surface area (TPSA) is 9.86 Å². The maximum atomic E-state index is 2.47. The number of rotatable bonds is 5. The average molecular weight is 619 g/mol. The van der Waals surface area contributed by atoms with Gasteiger partial charge in [-0.1, -0.05) is 140 Å². The fraction of sp³-hybridized carbons (Fsp3) is 0.0455. The van der Waals surface area contributed by atoms with Crippen LogP contribution in [-0.2, 0) is 0 Å². The largest absolute Gasteiger partial charge is 0.309 e. The number of hydrogen-bond acceptors (Lipinski definition) is 0. The van der Waals surface area contributed by atoms with Gasteiger partial charge in [0.1, 0.15) is 8.07 Å². The minimum absolute atomic E-state index is 1.17. The minimum Gasteiger partial charge on any atom is -0.309 e. The third-order valence-corrected chi connectivity index (χ3v) is 13.6. The Morgan fingerprint density at radius 3 is 1.57 bits per heavy atom. The summed E-state index contributed by atoms with van der Waals surface area (Å²) in [6.45, 7) is 4.93. The summed E-state index contributed by atoms with van der Waals surface area (Å²) in [6.07, 6.45) is 0. The highest BCUT2D eigenvalue weighted by Gasteiger charge is 2.28. The Balaban J connectivity index is 1.30. The van der Waals surface area contributed by atoms with Gasteiger partial charge in [0.15, 0.2) is 0 Å². The van der Waals surface area contributed by atoms with Gasteiger partial charge in [-0.2, -0.15) is 0 Å². The molecule has 2 aromatic heterocycles. The molecule has 47 heavy (non-hydrogen) atoms. The Labute approximate surface area is 275 Å². The van der Waals surface area contributed by atoms with E-state index in [0.717, 1.165) is 0 Å². The molecule has 0 N–H and O–H groups in total. The molecular formula is C44H34N2Si. The smallest absolute Gasteiger partial charge is 0.113 e. The van der Waals surface area contributed by atoms with Crippen molar-refractivity contribution >= 4 is 62.1 Å². The van der Waals surface area contributed by atoms with E-state index in [1.165, 1.54) is 76.5 Å². The van der Waals surface area contributed by atoms with Crippen LogP contribution in [0.4, 0.5) is 0 Å². The van der Waals surface area contributed by atoms with E-state index in [-0.39, 0.29) is 0 Å². The fourth-order valence-electron chi connectivity index (χ4n) is 7.75. The molecule has 0 atom stereocenters. The molecule has 0 bridgehead atoms. The highest BCUT2D eigenvalue weighted by molar-refractivity contribution is 7.01. The van der Waals surface area contributed by atoms with Crippen molar-refractivity contribution in [2.45, 2.75) is 13.1 Å². The van der Waals surface area contributed by atoms with Crippen LogP contribution < -0.4 is 10.4 Å². The van der Waals surface area contributed by atoms with Crippen LogP contribution in [0.1, 0.15) is 0 Å². The normalized spacial score (nSPS) is 12.0. The standard InChI is InChI=1S/C44H34N2Si/c1-47(2,34-20-7-4-8-21-34)42-27-14-11-22-35(42)31-16-15-19-33(30-31)46-39-26-13-10-24-37(39)44-41(46)29-28-40-43(44)36-23-9-12-25-38(36)45(40)32-17-5-3-6-18-32/h3-30H,1-2H3. The maximum absolute atomic E-state index is 2.47. The second-order valence-corrected chi connectivity index (χ2v) is 17.3. The van der Waals surface area contributed by atoms with Crippen molar-refractivity contribution in [2.75, 3.05) is 0 Å². The SMILES string of the molecule is C[Si](C)(c1ccccc1)c1ccccc1-c1cccc(-n2c3ccccc3c3c4c5ccccc5n(-c5ccccc5)c4ccc32)c1. The molecule has 9 aromatic rings. The summed E-state index contributed by atoms with van der Waals surface area (Å²) in [5, 5.41) is 8.05. The average Bonchev–Trinajstić information content (AvgIpc) is 3.65. The molecule has 0 aliphatic rings. The highest BCUT2D eigenvalue weighted by atomic mass is 28.3. The van der Waals surface area contributed by atoms with Gasteiger partial charge in [-0.25, -0.2) is 0 Å². The molecule has 0 amide bonds. The van der Waals surface area contributed by atoms with Gasteiger partial charge in [-0.3, -0.25) is 0 Å². The van der Waals surface area contributed by atoms with Crippen molar-refractivity contribution in [2.24, 2.45) is 0 Å². The van der Waals surface area contributed by atoms with Crippen LogP contribution in [0, 0.1) is 0 Å². The molecule has 9 rings (SSSR count). The van der Waals surface area contributed by atoms with E-state index in [1.807, 2.05) is 0 Å². The zero-order valence-electron chi connectivity index (χ0n) is 26.6. The lowest BCUT2D eigenvalue weighted by Crippen LogP contribution is -2.53. The number of para-hydroxylation sites is 3. The van der Waals surface area contributed by atoms with Gasteiger partial charge in [0.2, 0.25) is 0 Å². The first-order valence-corrected chi connectivity index (χ1v) is 19.4. The summed E-state index contributed by atoms with van der Waals surface area (Å²) < 4.78 is 4.87. The molecule has 7 aromatic carbocycles. The molecule has 0 spiro atoms. The summed E-state index contributed by atoms with van der Waals surface area (Å²) in [7, 11) is -1.95. The Morgan fingerprint density at radius 1 is 0.404 bits per heavy atom. The van der Waals surface area contributed by atoms with Gasteiger partial charge in [0.25, 0.3) is 0 Å². The van der Waals surface area contributed by atoms with Crippen LogP contribution >= 0.6 is 0 Å². The zero-order chi connectivity index (χ0) is 31.5. The zero-order valence-corrected chi connectivity index (χ0v) is 27.6. The van der Waals surface area contributed by atoms with E-state index in [0.29, 0.717) is 0 Å². The molecule has 0 saturated heterocycles. The molecule has 0 saturated carbocycles. The Hall–Kier alpha value is -5.64.